The van der Waals surface area contributed by atoms with Gasteiger partial charge in [-0.05, 0) is 48.7 Å². The first-order chi connectivity index (χ1) is 14.0. The van der Waals surface area contributed by atoms with Crippen LogP contribution in [0.15, 0.2) is 47.6 Å². The number of ether oxygens (including phenoxy) is 1. The van der Waals surface area contributed by atoms with Gasteiger partial charge in [0.25, 0.3) is 5.69 Å². The highest BCUT2D eigenvalue weighted by Crippen LogP contribution is 2.37. The number of benzene rings is 2. The van der Waals surface area contributed by atoms with Crippen molar-refractivity contribution in [3.8, 4) is 5.75 Å². The molecule has 0 spiro atoms. The Kier molecular flexibility index (Phi) is 6.61. The van der Waals surface area contributed by atoms with Crippen LogP contribution in [0.1, 0.15) is 29.9 Å². The van der Waals surface area contributed by atoms with Gasteiger partial charge < -0.3 is 15.4 Å². The van der Waals surface area contributed by atoms with Crippen molar-refractivity contribution in [1.29, 1.82) is 0 Å². The van der Waals surface area contributed by atoms with Gasteiger partial charge in [-0.25, -0.2) is 0 Å². The second-order valence-corrected chi connectivity index (χ2v) is 7.18. The molecule has 0 bridgehead atoms. The summed E-state index contributed by atoms with van der Waals surface area (Å²) in [6.45, 7) is 1.47. The van der Waals surface area contributed by atoms with Crippen molar-refractivity contribution < 1.29 is 9.66 Å². The highest BCUT2D eigenvalue weighted by molar-refractivity contribution is 7.80. The molecule has 29 heavy (non-hydrogen) atoms. The van der Waals surface area contributed by atoms with Crippen molar-refractivity contribution in [3.63, 3.8) is 0 Å². The number of nitro benzene ring substituents is 1. The van der Waals surface area contributed by atoms with Crippen LogP contribution in [-0.4, -0.2) is 36.4 Å². The number of hydrogen-bond acceptors (Lipinski definition) is 6. The summed E-state index contributed by atoms with van der Waals surface area (Å²) in [7, 11) is 1.68. The van der Waals surface area contributed by atoms with E-state index in [1.165, 1.54) is 17.8 Å². The fraction of sp³-hybridized carbons (Fsp3) is 0.300. The summed E-state index contributed by atoms with van der Waals surface area (Å²) in [5.74, 6) is 1.27. The number of hydrazone groups is 1. The lowest BCUT2D eigenvalue weighted by Gasteiger charge is -2.34. The van der Waals surface area contributed by atoms with Gasteiger partial charge in [0.2, 0.25) is 0 Å². The van der Waals surface area contributed by atoms with Crippen LogP contribution in [0, 0.1) is 10.1 Å². The Bertz CT molecular complexity index is 926. The summed E-state index contributed by atoms with van der Waals surface area (Å²) in [6, 6.07) is 13.1. The highest BCUT2D eigenvalue weighted by Gasteiger charge is 2.27. The molecule has 1 aliphatic rings. The van der Waals surface area contributed by atoms with Gasteiger partial charge in [-0.2, -0.15) is 5.10 Å². The average molecular weight is 414 g/mol. The number of methoxy groups -OCH3 is 1. The van der Waals surface area contributed by atoms with Gasteiger partial charge in [-0.1, -0.05) is 24.3 Å². The van der Waals surface area contributed by atoms with E-state index in [0.29, 0.717) is 17.2 Å². The van der Waals surface area contributed by atoms with Gasteiger partial charge in [-0.15, -0.1) is 0 Å². The second-order valence-electron chi connectivity index (χ2n) is 6.74. The van der Waals surface area contributed by atoms with E-state index in [1.807, 2.05) is 18.2 Å². The van der Waals surface area contributed by atoms with Crippen molar-refractivity contribution in [2.75, 3.05) is 25.1 Å². The van der Waals surface area contributed by atoms with Crippen molar-refractivity contribution >= 4 is 34.9 Å². The second kappa shape index (κ2) is 9.33. The molecule has 1 saturated heterocycles. The van der Waals surface area contributed by atoms with Crippen LogP contribution in [0.2, 0.25) is 0 Å². The zero-order valence-electron chi connectivity index (χ0n) is 16.1. The van der Waals surface area contributed by atoms with Crippen LogP contribution in [0.3, 0.4) is 0 Å². The van der Waals surface area contributed by atoms with E-state index < -0.39 is 0 Å². The largest absolute Gasteiger partial charge is 0.496 e. The Morgan fingerprint density at radius 2 is 2.07 bits per heavy atom. The van der Waals surface area contributed by atoms with Crippen LogP contribution in [0.25, 0.3) is 0 Å². The van der Waals surface area contributed by atoms with E-state index in [4.69, 9.17) is 10.5 Å². The SMILES string of the molecule is COc1ccccc1C1CCN(c2ccc(C=NNC(N)=S)cc2[N+](=O)[O-])CC1. The predicted octanol–water partition coefficient (Wildman–Crippen LogP) is 3.15. The molecule has 0 unspecified atom stereocenters. The molecule has 0 aliphatic carbocycles. The zero-order chi connectivity index (χ0) is 20.8. The number of nitrogens with two attached hydrogens (primary N) is 1. The first kappa shape index (κ1) is 20.5. The molecule has 9 heteroatoms. The molecule has 1 heterocycles. The van der Waals surface area contributed by atoms with Crippen molar-refractivity contribution in [2.45, 2.75) is 18.8 Å². The summed E-state index contributed by atoms with van der Waals surface area (Å²) >= 11 is 4.68. The molecular formula is C20H23N5O3S. The smallest absolute Gasteiger partial charge is 0.293 e. The quantitative estimate of drug-likeness (QED) is 0.324. The molecule has 0 amide bonds. The Morgan fingerprint density at radius 1 is 1.34 bits per heavy atom. The first-order valence-electron chi connectivity index (χ1n) is 9.24. The summed E-state index contributed by atoms with van der Waals surface area (Å²) in [5.41, 5.74) is 10.2. The van der Waals surface area contributed by atoms with E-state index in [9.17, 15) is 10.1 Å². The molecular weight excluding hydrogens is 390 g/mol. The number of nitro groups is 1. The fourth-order valence-electron chi connectivity index (χ4n) is 3.64. The van der Waals surface area contributed by atoms with Crippen molar-refractivity contribution in [2.24, 2.45) is 10.8 Å². The van der Waals surface area contributed by atoms with Gasteiger partial charge in [0.1, 0.15) is 11.4 Å². The molecule has 0 aromatic heterocycles. The normalized spacial score (nSPS) is 14.7. The van der Waals surface area contributed by atoms with Crippen molar-refractivity contribution in [3.05, 3.63) is 63.7 Å². The molecule has 1 aliphatic heterocycles. The number of nitrogens with one attached hydrogen (secondary N) is 1. The molecule has 3 rings (SSSR count). The maximum absolute atomic E-state index is 11.6. The number of rotatable bonds is 6. The van der Waals surface area contributed by atoms with Gasteiger partial charge >= 0.3 is 0 Å². The third-order valence-corrected chi connectivity index (χ3v) is 5.09. The third kappa shape index (κ3) is 5.00. The Balaban J connectivity index is 1.75. The van der Waals surface area contributed by atoms with Crippen LogP contribution in [-0.2, 0) is 0 Å². The number of hydrogen-bond donors (Lipinski definition) is 2. The van der Waals surface area contributed by atoms with Crippen LogP contribution in [0.5, 0.6) is 5.75 Å². The van der Waals surface area contributed by atoms with Gasteiger partial charge in [0.15, 0.2) is 5.11 Å². The molecule has 0 saturated carbocycles. The molecule has 152 valence electrons. The zero-order valence-corrected chi connectivity index (χ0v) is 16.9. The molecule has 2 aromatic rings. The van der Waals surface area contributed by atoms with E-state index in [-0.39, 0.29) is 15.7 Å². The predicted molar refractivity (Wildman–Crippen MR) is 118 cm³/mol. The minimum Gasteiger partial charge on any atom is -0.496 e. The van der Waals surface area contributed by atoms with E-state index >= 15 is 0 Å². The number of thiocarbonyl (C=S) groups is 1. The summed E-state index contributed by atoms with van der Waals surface area (Å²) in [5, 5.41) is 15.5. The standard InChI is InChI=1S/C20H23N5O3S/c1-28-19-5-3-2-4-16(19)15-8-10-24(11-9-15)17-7-6-14(12-18(17)25(26)27)13-22-23-20(21)29/h2-7,12-13,15H,8-11H2,1H3,(H3,21,23,29). The Hall–Kier alpha value is -3.20. The minimum atomic E-state index is -0.361. The Morgan fingerprint density at radius 3 is 2.72 bits per heavy atom. The molecule has 0 atom stereocenters. The lowest BCUT2D eigenvalue weighted by molar-refractivity contribution is -0.384. The van der Waals surface area contributed by atoms with Gasteiger partial charge in [-0.3, -0.25) is 15.5 Å². The summed E-state index contributed by atoms with van der Waals surface area (Å²) in [4.78, 5) is 13.3. The third-order valence-electron chi connectivity index (χ3n) is 5.00. The van der Waals surface area contributed by atoms with Gasteiger partial charge in [0.05, 0.1) is 18.2 Å². The summed E-state index contributed by atoms with van der Waals surface area (Å²) in [6.07, 6.45) is 3.25. The molecule has 8 nitrogen and oxygen atoms in total. The van der Waals surface area contributed by atoms with E-state index in [2.05, 4.69) is 33.7 Å². The molecule has 0 radical (unpaired) electrons. The number of para-hydroxylation sites is 1. The lowest BCUT2D eigenvalue weighted by atomic mass is 9.88. The van der Waals surface area contributed by atoms with Crippen LogP contribution >= 0.6 is 12.2 Å². The van der Waals surface area contributed by atoms with Crippen LogP contribution in [0.4, 0.5) is 11.4 Å². The molecule has 2 aromatic carbocycles. The number of anilines is 1. The van der Waals surface area contributed by atoms with Gasteiger partial charge in [0, 0.05) is 24.7 Å². The lowest BCUT2D eigenvalue weighted by Crippen LogP contribution is -2.33. The molecule has 1 fully saturated rings. The topological polar surface area (TPSA) is 106 Å². The first-order valence-corrected chi connectivity index (χ1v) is 9.65. The number of piperidine rings is 1. The minimum absolute atomic E-state index is 0.0327. The summed E-state index contributed by atoms with van der Waals surface area (Å²) < 4.78 is 5.48. The molecule has 3 N–H and O–H groups in total. The monoisotopic (exact) mass is 413 g/mol. The maximum atomic E-state index is 11.6. The van der Waals surface area contributed by atoms with E-state index in [0.717, 1.165) is 31.7 Å². The maximum Gasteiger partial charge on any atom is 0.293 e. The Labute approximate surface area is 174 Å². The van der Waals surface area contributed by atoms with E-state index in [1.54, 1.807) is 19.2 Å². The average Bonchev–Trinajstić information content (AvgIpc) is 2.73. The van der Waals surface area contributed by atoms with Crippen molar-refractivity contribution in [1.82, 2.24) is 5.43 Å². The fourth-order valence-corrected chi connectivity index (χ4v) is 3.69. The number of nitrogens with zero attached hydrogens (tertiary/aromatic N) is 3. The van der Waals surface area contributed by atoms with Crippen LogP contribution < -0.4 is 20.8 Å². The highest BCUT2D eigenvalue weighted by atomic mass is 32.1.